The summed E-state index contributed by atoms with van der Waals surface area (Å²) in [5.41, 5.74) is 1.15. The van der Waals surface area contributed by atoms with E-state index in [-0.39, 0.29) is 30.7 Å². The van der Waals surface area contributed by atoms with Gasteiger partial charge in [-0.15, -0.1) is 6.58 Å². The molecule has 0 bridgehead atoms. The summed E-state index contributed by atoms with van der Waals surface area (Å²) >= 11 is 0. The Morgan fingerprint density at radius 2 is 2.05 bits per heavy atom. The SMILES string of the molecule is C=CC[C@@H]1C[C@H](OCc2ccccc2)C[C@@H](CC(=O)OC)O1. The van der Waals surface area contributed by atoms with Gasteiger partial charge >= 0.3 is 5.97 Å². The molecule has 3 atom stereocenters. The highest BCUT2D eigenvalue weighted by molar-refractivity contribution is 5.69. The highest BCUT2D eigenvalue weighted by atomic mass is 16.5. The fourth-order valence-corrected chi connectivity index (χ4v) is 2.73. The van der Waals surface area contributed by atoms with Gasteiger partial charge in [0.15, 0.2) is 0 Å². The number of rotatable bonds is 7. The molecule has 0 aromatic heterocycles. The first-order chi connectivity index (χ1) is 10.7. The molecule has 120 valence electrons. The molecule has 0 N–H and O–H groups in total. The summed E-state index contributed by atoms with van der Waals surface area (Å²) in [7, 11) is 1.40. The zero-order valence-corrected chi connectivity index (χ0v) is 13.1. The van der Waals surface area contributed by atoms with Crippen LogP contribution in [0.25, 0.3) is 0 Å². The Labute approximate surface area is 132 Å². The van der Waals surface area contributed by atoms with E-state index in [9.17, 15) is 4.79 Å². The molecule has 0 unspecified atom stereocenters. The van der Waals surface area contributed by atoms with Crippen molar-refractivity contribution >= 4 is 5.97 Å². The van der Waals surface area contributed by atoms with E-state index in [4.69, 9.17) is 14.2 Å². The van der Waals surface area contributed by atoms with Gasteiger partial charge in [0, 0.05) is 12.8 Å². The van der Waals surface area contributed by atoms with Crippen LogP contribution in [-0.2, 0) is 25.6 Å². The first-order valence-corrected chi connectivity index (χ1v) is 7.70. The second-order valence-electron chi connectivity index (χ2n) is 5.57. The Kier molecular flexibility index (Phi) is 6.62. The highest BCUT2D eigenvalue weighted by Crippen LogP contribution is 2.27. The minimum absolute atomic E-state index is 0.0571. The molecule has 0 spiro atoms. The number of hydrogen-bond donors (Lipinski definition) is 0. The monoisotopic (exact) mass is 304 g/mol. The number of methoxy groups -OCH3 is 1. The van der Waals surface area contributed by atoms with Crippen molar-refractivity contribution in [3.05, 3.63) is 48.6 Å². The second kappa shape index (κ2) is 8.71. The van der Waals surface area contributed by atoms with Gasteiger partial charge in [-0.1, -0.05) is 36.4 Å². The molecule has 4 nitrogen and oxygen atoms in total. The van der Waals surface area contributed by atoms with Gasteiger partial charge < -0.3 is 14.2 Å². The van der Waals surface area contributed by atoms with Crippen LogP contribution < -0.4 is 0 Å². The predicted molar refractivity (Wildman–Crippen MR) is 84.4 cm³/mol. The number of carbonyl (C=O) groups is 1. The largest absolute Gasteiger partial charge is 0.469 e. The molecule has 22 heavy (non-hydrogen) atoms. The smallest absolute Gasteiger partial charge is 0.308 e. The van der Waals surface area contributed by atoms with E-state index in [0.717, 1.165) is 24.8 Å². The standard InChI is InChI=1S/C18H24O4/c1-3-7-15-10-16(11-17(22-15)12-18(19)20-2)21-13-14-8-5-4-6-9-14/h3-6,8-9,15-17H,1,7,10-13H2,2H3/t15-,16+,17+/m1/s1. The van der Waals surface area contributed by atoms with Crippen LogP contribution in [0, 0.1) is 0 Å². The van der Waals surface area contributed by atoms with Gasteiger partial charge in [-0.25, -0.2) is 0 Å². The van der Waals surface area contributed by atoms with Crippen LogP contribution in [0.3, 0.4) is 0 Å². The average Bonchev–Trinajstić information content (AvgIpc) is 2.54. The Morgan fingerprint density at radius 3 is 2.73 bits per heavy atom. The number of benzene rings is 1. The lowest BCUT2D eigenvalue weighted by Gasteiger charge is -2.34. The first-order valence-electron chi connectivity index (χ1n) is 7.70. The molecular weight excluding hydrogens is 280 g/mol. The quantitative estimate of drug-likeness (QED) is 0.573. The third-order valence-electron chi connectivity index (χ3n) is 3.82. The van der Waals surface area contributed by atoms with E-state index < -0.39 is 0 Å². The molecular formula is C18H24O4. The lowest BCUT2D eigenvalue weighted by atomic mass is 9.97. The van der Waals surface area contributed by atoms with Crippen LogP contribution in [-0.4, -0.2) is 31.4 Å². The summed E-state index contributed by atoms with van der Waals surface area (Å²) in [5.74, 6) is -0.244. The molecule has 0 aliphatic carbocycles. The number of hydrogen-bond acceptors (Lipinski definition) is 4. The van der Waals surface area contributed by atoms with Gasteiger partial charge in [0.05, 0.1) is 38.4 Å². The highest BCUT2D eigenvalue weighted by Gasteiger charge is 2.31. The van der Waals surface area contributed by atoms with Crippen molar-refractivity contribution in [2.75, 3.05) is 7.11 Å². The maximum atomic E-state index is 11.5. The fourth-order valence-electron chi connectivity index (χ4n) is 2.73. The minimum Gasteiger partial charge on any atom is -0.469 e. The van der Waals surface area contributed by atoms with Gasteiger partial charge in [0.1, 0.15) is 0 Å². The van der Waals surface area contributed by atoms with E-state index in [0.29, 0.717) is 6.61 Å². The molecule has 1 aliphatic heterocycles. The van der Waals surface area contributed by atoms with E-state index in [1.165, 1.54) is 7.11 Å². The third-order valence-corrected chi connectivity index (χ3v) is 3.82. The summed E-state index contributed by atoms with van der Waals surface area (Å²) in [4.78, 5) is 11.5. The molecule has 0 saturated carbocycles. The van der Waals surface area contributed by atoms with Crippen LogP contribution in [0.4, 0.5) is 0 Å². The molecule has 1 aliphatic rings. The van der Waals surface area contributed by atoms with Crippen LogP contribution in [0.15, 0.2) is 43.0 Å². The van der Waals surface area contributed by atoms with E-state index in [2.05, 4.69) is 6.58 Å². The van der Waals surface area contributed by atoms with Crippen LogP contribution >= 0.6 is 0 Å². The van der Waals surface area contributed by atoms with Crippen molar-refractivity contribution in [3.63, 3.8) is 0 Å². The fraction of sp³-hybridized carbons (Fsp3) is 0.500. The topological polar surface area (TPSA) is 44.8 Å². The summed E-state index contributed by atoms with van der Waals surface area (Å²) < 4.78 is 16.7. The van der Waals surface area contributed by atoms with Crippen molar-refractivity contribution in [2.24, 2.45) is 0 Å². The lowest BCUT2D eigenvalue weighted by Crippen LogP contribution is -2.38. The van der Waals surface area contributed by atoms with E-state index >= 15 is 0 Å². The maximum Gasteiger partial charge on any atom is 0.308 e. The Balaban J connectivity index is 1.90. The van der Waals surface area contributed by atoms with Crippen molar-refractivity contribution in [3.8, 4) is 0 Å². The Bertz CT molecular complexity index is 471. The van der Waals surface area contributed by atoms with Crippen molar-refractivity contribution in [1.29, 1.82) is 0 Å². The van der Waals surface area contributed by atoms with Crippen molar-refractivity contribution in [2.45, 2.75) is 50.6 Å². The molecule has 1 fully saturated rings. The zero-order chi connectivity index (χ0) is 15.8. The summed E-state index contributed by atoms with van der Waals surface area (Å²) in [6.45, 7) is 4.34. The molecule has 0 amide bonds. The van der Waals surface area contributed by atoms with Gasteiger partial charge in [0.2, 0.25) is 0 Å². The van der Waals surface area contributed by atoms with Gasteiger partial charge in [0.25, 0.3) is 0 Å². The van der Waals surface area contributed by atoms with E-state index in [1.54, 1.807) is 0 Å². The Hall–Kier alpha value is -1.65. The van der Waals surface area contributed by atoms with Crippen molar-refractivity contribution in [1.82, 2.24) is 0 Å². The zero-order valence-electron chi connectivity index (χ0n) is 13.1. The molecule has 2 rings (SSSR count). The average molecular weight is 304 g/mol. The lowest BCUT2D eigenvalue weighted by molar-refractivity contribution is -0.153. The molecule has 1 heterocycles. The predicted octanol–water partition coefficient (Wildman–Crippen LogP) is 3.26. The van der Waals surface area contributed by atoms with Crippen LogP contribution in [0.1, 0.15) is 31.2 Å². The van der Waals surface area contributed by atoms with Gasteiger partial charge in [-0.05, 0) is 12.0 Å². The van der Waals surface area contributed by atoms with Gasteiger partial charge in [-0.2, -0.15) is 0 Å². The third kappa shape index (κ3) is 5.28. The van der Waals surface area contributed by atoms with Gasteiger partial charge in [-0.3, -0.25) is 4.79 Å². The number of esters is 1. The maximum absolute atomic E-state index is 11.5. The van der Waals surface area contributed by atoms with Crippen LogP contribution in [0.2, 0.25) is 0 Å². The summed E-state index contributed by atoms with van der Waals surface area (Å²) in [6.07, 6.45) is 4.44. The normalized spacial score (nSPS) is 24.7. The Morgan fingerprint density at radius 1 is 1.32 bits per heavy atom. The molecule has 1 aromatic carbocycles. The molecule has 4 heteroatoms. The number of carbonyl (C=O) groups excluding carboxylic acids is 1. The first kappa shape index (κ1) is 16.7. The van der Waals surface area contributed by atoms with E-state index in [1.807, 2.05) is 36.4 Å². The minimum atomic E-state index is -0.244. The summed E-state index contributed by atoms with van der Waals surface area (Å²) in [5, 5.41) is 0. The molecule has 1 aromatic rings. The summed E-state index contributed by atoms with van der Waals surface area (Å²) in [6, 6.07) is 10.1. The number of ether oxygens (including phenoxy) is 3. The second-order valence-corrected chi connectivity index (χ2v) is 5.57. The van der Waals surface area contributed by atoms with Crippen LogP contribution in [0.5, 0.6) is 0 Å². The molecule has 1 saturated heterocycles. The van der Waals surface area contributed by atoms with Crippen molar-refractivity contribution < 1.29 is 19.0 Å². The molecule has 0 radical (unpaired) electrons.